The number of aliphatic hydroxyl groups excluding tert-OH is 1. The predicted octanol–water partition coefficient (Wildman–Crippen LogP) is 1.80. The van der Waals surface area contributed by atoms with E-state index < -0.39 is 12.5 Å². The van der Waals surface area contributed by atoms with Crippen LogP contribution in [0, 0.1) is 5.92 Å². The summed E-state index contributed by atoms with van der Waals surface area (Å²) in [5, 5.41) is 12.0. The van der Waals surface area contributed by atoms with Gasteiger partial charge in [0.1, 0.15) is 0 Å². The lowest BCUT2D eigenvalue weighted by Gasteiger charge is -2.27. The fraction of sp³-hybridized carbons (Fsp3) is 1.00. The van der Waals surface area contributed by atoms with E-state index in [1.54, 1.807) is 0 Å². The zero-order chi connectivity index (χ0) is 12.7. The molecule has 0 aromatic carbocycles. The minimum atomic E-state index is -2.37. The third-order valence-corrected chi connectivity index (χ3v) is 3.09. The summed E-state index contributed by atoms with van der Waals surface area (Å²) in [7, 11) is 0. The van der Waals surface area contributed by atoms with Crippen LogP contribution in [-0.2, 0) is 4.74 Å². The van der Waals surface area contributed by atoms with Gasteiger partial charge in [0.15, 0.2) is 0 Å². The molecule has 0 bridgehead atoms. The van der Waals surface area contributed by atoms with E-state index in [4.69, 9.17) is 4.74 Å². The number of hydrogen-bond acceptors (Lipinski definition) is 3. The average Bonchev–Trinajstić information content (AvgIpc) is 2.26. The Bertz CT molecular complexity index is 205. The second kappa shape index (κ2) is 7.95. The molecule has 1 fully saturated rings. The van der Waals surface area contributed by atoms with Crippen molar-refractivity contribution in [1.82, 2.24) is 5.32 Å². The van der Waals surface area contributed by atoms with Gasteiger partial charge in [-0.15, -0.1) is 0 Å². The molecule has 0 radical (unpaired) electrons. The monoisotopic (exact) mass is 251 g/mol. The topological polar surface area (TPSA) is 41.5 Å². The summed E-state index contributed by atoms with van der Waals surface area (Å²) < 4.78 is 29.3. The maximum Gasteiger partial charge on any atom is 0.250 e. The van der Waals surface area contributed by atoms with E-state index >= 15 is 0 Å². The van der Waals surface area contributed by atoms with Crippen LogP contribution < -0.4 is 5.32 Å². The Balaban J connectivity index is 2.04. The summed E-state index contributed by atoms with van der Waals surface area (Å²) >= 11 is 0. The van der Waals surface area contributed by atoms with Crippen molar-refractivity contribution in [3.63, 3.8) is 0 Å². The maximum absolute atomic E-state index is 11.8. The van der Waals surface area contributed by atoms with Gasteiger partial charge in [0.05, 0.1) is 25.4 Å². The Morgan fingerprint density at radius 1 is 1.35 bits per heavy atom. The fourth-order valence-corrected chi connectivity index (χ4v) is 2.19. The quantitative estimate of drug-likeness (QED) is 0.725. The van der Waals surface area contributed by atoms with Crippen LogP contribution in [-0.4, -0.2) is 43.4 Å². The Morgan fingerprint density at radius 3 is 2.76 bits per heavy atom. The van der Waals surface area contributed by atoms with Gasteiger partial charge < -0.3 is 15.2 Å². The molecule has 0 spiro atoms. The second-order valence-electron chi connectivity index (χ2n) is 4.93. The van der Waals surface area contributed by atoms with Crippen LogP contribution in [0.1, 0.15) is 32.6 Å². The number of rotatable bonds is 7. The van der Waals surface area contributed by atoms with E-state index in [9.17, 15) is 13.9 Å². The Kier molecular flexibility index (Phi) is 6.92. The molecule has 5 heteroatoms. The largest absolute Gasteiger partial charge is 0.389 e. The summed E-state index contributed by atoms with van der Waals surface area (Å²) in [6.45, 7) is 2.22. The first-order valence-electron chi connectivity index (χ1n) is 6.36. The molecular formula is C12H23F2NO2. The van der Waals surface area contributed by atoms with Crippen LogP contribution in [0.25, 0.3) is 0 Å². The van der Waals surface area contributed by atoms with Gasteiger partial charge in [-0.05, 0) is 18.8 Å². The molecule has 3 atom stereocenters. The normalized spacial score (nSPS) is 27.4. The van der Waals surface area contributed by atoms with E-state index in [0.29, 0.717) is 5.92 Å². The Morgan fingerprint density at radius 2 is 2.12 bits per heavy atom. The molecule has 0 aromatic rings. The minimum Gasteiger partial charge on any atom is -0.389 e. The average molecular weight is 251 g/mol. The summed E-state index contributed by atoms with van der Waals surface area (Å²) in [4.78, 5) is 0. The molecule has 2 N–H and O–H groups in total. The van der Waals surface area contributed by atoms with Crippen LogP contribution in [0.2, 0.25) is 0 Å². The van der Waals surface area contributed by atoms with Gasteiger partial charge >= 0.3 is 0 Å². The van der Waals surface area contributed by atoms with Gasteiger partial charge in [0.2, 0.25) is 0 Å². The highest BCUT2D eigenvalue weighted by atomic mass is 19.3. The first-order valence-corrected chi connectivity index (χ1v) is 6.36. The maximum atomic E-state index is 11.8. The van der Waals surface area contributed by atoms with Crippen LogP contribution in [0.4, 0.5) is 8.78 Å². The number of nitrogens with one attached hydrogen (secondary N) is 1. The third-order valence-electron chi connectivity index (χ3n) is 3.09. The van der Waals surface area contributed by atoms with Crippen LogP contribution >= 0.6 is 0 Å². The molecule has 102 valence electrons. The summed E-state index contributed by atoms with van der Waals surface area (Å²) in [6.07, 6.45) is 1.65. The lowest BCUT2D eigenvalue weighted by molar-refractivity contribution is -0.0313. The van der Waals surface area contributed by atoms with E-state index in [1.807, 2.05) is 0 Å². The number of halogens is 2. The third kappa shape index (κ3) is 6.91. The van der Waals surface area contributed by atoms with Gasteiger partial charge in [0.25, 0.3) is 6.43 Å². The molecule has 1 aliphatic carbocycles. The Hall–Kier alpha value is -0.260. The molecule has 0 saturated heterocycles. The lowest BCUT2D eigenvalue weighted by atomic mass is 9.89. The molecule has 3 nitrogen and oxygen atoms in total. The molecule has 0 aliphatic heterocycles. The number of ether oxygens (including phenoxy) is 1. The molecule has 17 heavy (non-hydrogen) atoms. The van der Waals surface area contributed by atoms with Crippen LogP contribution in [0.15, 0.2) is 0 Å². The van der Waals surface area contributed by atoms with Crippen molar-refractivity contribution in [2.45, 2.75) is 51.2 Å². The smallest absolute Gasteiger partial charge is 0.250 e. The number of aliphatic hydroxyl groups is 1. The van der Waals surface area contributed by atoms with Gasteiger partial charge in [0, 0.05) is 6.54 Å². The van der Waals surface area contributed by atoms with Gasteiger partial charge in [-0.3, -0.25) is 0 Å². The SMILES string of the molecule is CC1CCCC(OCC(O)CNCC(F)F)C1. The molecule has 1 saturated carbocycles. The molecular weight excluding hydrogens is 228 g/mol. The highest BCUT2D eigenvalue weighted by molar-refractivity contribution is 4.71. The molecule has 1 rings (SSSR count). The summed E-state index contributed by atoms with van der Waals surface area (Å²) in [6, 6.07) is 0. The van der Waals surface area contributed by atoms with Crippen molar-refractivity contribution >= 4 is 0 Å². The number of hydrogen-bond donors (Lipinski definition) is 2. The van der Waals surface area contributed by atoms with Crippen molar-refractivity contribution in [3.8, 4) is 0 Å². The van der Waals surface area contributed by atoms with Gasteiger partial charge in [-0.1, -0.05) is 19.8 Å². The molecule has 3 unspecified atom stereocenters. The number of alkyl halides is 2. The van der Waals surface area contributed by atoms with Gasteiger partial charge in [-0.25, -0.2) is 8.78 Å². The van der Waals surface area contributed by atoms with Gasteiger partial charge in [-0.2, -0.15) is 0 Å². The molecule has 0 aromatic heterocycles. The van der Waals surface area contributed by atoms with Crippen molar-refractivity contribution < 1.29 is 18.6 Å². The van der Waals surface area contributed by atoms with Crippen molar-refractivity contribution in [1.29, 1.82) is 0 Å². The zero-order valence-corrected chi connectivity index (χ0v) is 10.4. The second-order valence-corrected chi connectivity index (χ2v) is 4.93. The Labute approximate surface area is 102 Å². The van der Waals surface area contributed by atoms with E-state index in [0.717, 1.165) is 12.8 Å². The molecule has 0 amide bonds. The summed E-state index contributed by atoms with van der Waals surface area (Å²) in [5.74, 6) is 0.683. The first-order chi connectivity index (χ1) is 8.08. The fourth-order valence-electron chi connectivity index (χ4n) is 2.19. The van der Waals surface area contributed by atoms with E-state index in [2.05, 4.69) is 12.2 Å². The van der Waals surface area contributed by atoms with Crippen molar-refractivity contribution in [3.05, 3.63) is 0 Å². The minimum absolute atomic E-state index is 0.159. The lowest BCUT2D eigenvalue weighted by Crippen LogP contribution is -2.35. The van der Waals surface area contributed by atoms with Crippen LogP contribution in [0.3, 0.4) is 0 Å². The van der Waals surface area contributed by atoms with Crippen molar-refractivity contribution in [2.75, 3.05) is 19.7 Å². The highest BCUT2D eigenvalue weighted by Crippen LogP contribution is 2.25. The van der Waals surface area contributed by atoms with Crippen molar-refractivity contribution in [2.24, 2.45) is 5.92 Å². The van der Waals surface area contributed by atoms with E-state index in [1.165, 1.54) is 12.8 Å². The highest BCUT2D eigenvalue weighted by Gasteiger charge is 2.20. The standard InChI is InChI=1S/C12H23F2NO2/c1-9-3-2-4-11(5-9)17-8-10(16)6-15-7-12(13)14/h9-12,15-16H,2-8H2,1H3. The molecule has 0 heterocycles. The van der Waals surface area contributed by atoms with E-state index in [-0.39, 0.29) is 25.8 Å². The zero-order valence-electron chi connectivity index (χ0n) is 10.4. The van der Waals surface area contributed by atoms with Crippen LogP contribution in [0.5, 0.6) is 0 Å². The summed E-state index contributed by atoms with van der Waals surface area (Å²) in [5.41, 5.74) is 0. The predicted molar refractivity (Wildman–Crippen MR) is 62.3 cm³/mol. The molecule has 1 aliphatic rings. The first kappa shape index (κ1) is 14.8.